The number of fused-ring (bicyclic) bond motifs is 1. The quantitative estimate of drug-likeness (QED) is 0.915. The summed E-state index contributed by atoms with van der Waals surface area (Å²) in [6.07, 6.45) is 2.03. The van der Waals surface area contributed by atoms with E-state index in [-0.39, 0.29) is 12.1 Å². The van der Waals surface area contributed by atoms with Crippen LogP contribution >= 0.6 is 0 Å². The van der Waals surface area contributed by atoms with Gasteiger partial charge in [0.05, 0.1) is 6.04 Å². The van der Waals surface area contributed by atoms with Gasteiger partial charge in [0.25, 0.3) is 0 Å². The van der Waals surface area contributed by atoms with E-state index in [1.54, 1.807) is 0 Å². The second-order valence-corrected chi connectivity index (χ2v) is 5.95. The number of hydrogen-bond acceptors (Lipinski definition) is 2. The van der Waals surface area contributed by atoms with Gasteiger partial charge < -0.3 is 10.5 Å². The standard InChI is InChI=1S/C19H23NO/c1-3-14-7-6-8-15(12-14)21-18-11-13(2)16-9-4-5-10-17(16)19(18)20/h4-10,12-13,18-19H,3,11,20H2,1-2H3. The number of aryl methyl sites for hydroxylation is 1. The third-order valence-electron chi connectivity index (χ3n) is 4.47. The van der Waals surface area contributed by atoms with Crippen molar-refractivity contribution in [2.45, 2.75) is 44.8 Å². The molecular formula is C19H23NO. The summed E-state index contributed by atoms with van der Waals surface area (Å²) < 4.78 is 6.21. The summed E-state index contributed by atoms with van der Waals surface area (Å²) in [6.45, 7) is 4.41. The molecule has 0 heterocycles. The first kappa shape index (κ1) is 14.2. The molecular weight excluding hydrogens is 258 g/mol. The third-order valence-corrected chi connectivity index (χ3v) is 4.47. The summed E-state index contributed by atoms with van der Waals surface area (Å²) in [5, 5.41) is 0. The van der Waals surface area contributed by atoms with Crippen LogP contribution in [0.15, 0.2) is 48.5 Å². The first-order chi connectivity index (χ1) is 10.2. The van der Waals surface area contributed by atoms with Crippen molar-refractivity contribution in [3.8, 4) is 5.75 Å². The molecule has 2 nitrogen and oxygen atoms in total. The molecule has 0 amide bonds. The van der Waals surface area contributed by atoms with Crippen LogP contribution in [0.1, 0.15) is 48.9 Å². The van der Waals surface area contributed by atoms with Crippen molar-refractivity contribution < 1.29 is 4.74 Å². The molecule has 2 aromatic carbocycles. The van der Waals surface area contributed by atoms with Gasteiger partial charge in [-0.2, -0.15) is 0 Å². The van der Waals surface area contributed by atoms with Crippen LogP contribution in [0.25, 0.3) is 0 Å². The largest absolute Gasteiger partial charge is 0.488 e. The smallest absolute Gasteiger partial charge is 0.120 e. The second kappa shape index (κ2) is 5.90. The van der Waals surface area contributed by atoms with Crippen molar-refractivity contribution in [2.75, 3.05) is 0 Å². The van der Waals surface area contributed by atoms with Crippen molar-refractivity contribution in [2.24, 2.45) is 5.73 Å². The monoisotopic (exact) mass is 281 g/mol. The Morgan fingerprint density at radius 1 is 1.10 bits per heavy atom. The van der Waals surface area contributed by atoms with E-state index in [0.717, 1.165) is 18.6 Å². The predicted molar refractivity (Wildman–Crippen MR) is 86.6 cm³/mol. The van der Waals surface area contributed by atoms with Gasteiger partial charge in [0.1, 0.15) is 11.9 Å². The van der Waals surface area contributed by atoms with Crippen LogP contribution < -0.4 is 10.5 Å². The highest BCUT2D eigenvalue weighted by molar-refractivity contribution is 5.37. The van der Waals surface area contributed by atoms with Crippen LogP contribution in [0.2, 0.25) is 0 Å². The Hall–Kier alpha value is -1.80. The molecule has 0 aromatic heterocycles. The summed E-state index contributed by atoms with van der Waals surface area (Å²) in [5.41, 5.74) is 10.3. The number of nitrogens with two attached hydrogens (primary N) is 1. The minimum Gasteiger partial charge on any atom is -0.488 e. The second-order valence-electron chi connectivity index (χ2n) is 5.95. The molecule has 3 atom stereocenters. The van der Waals surface area contributed by atoms with Gasteiger partial charge in [0.15, 0.2) is 0 Å². The highest BCUT2D eigenvalue weighted by atomic mass is 16.5. The molecule has 110 valence electrons. The maximum Gasteiger partial charge on any atom is 0.120 e. The van der Waals surface area contributed by atoms with Crippen LogP contribution in [0.3, 0.4) is 0 Å². The zero-order chi connectivity index (χ0) is 14.8. The molecule has 2 aromatic rings. The number of benzene rings is 2. The average molecular weight is 281 g/mol. The molecule has 1 aliphatic carbocycles. The van der Waals surface area contributed by atoms with Crippen LogP contribution in [-0.2, 0) is 6.42 Å². The molecule has 0 spiro atoms. The van der Waals surface area contributed by atoms with Crippen molar-refractivity contribution in [1.82, 2.24) is 0 Å². The third kappa shape index (κ3) is 2.81. The van der Waals surface area contributed by atoms with Crippen molar-refractivity contribution in [3.63, 3.8) is 0 Å². The molecule has 0 fully saturated rings. The fourth-order valence-electron chi connectivity index (χ4n) is 3.22. The Labute approximate surface area is 126 Å². The molecule has 0 bridgehead atoms. The molecule has 0 radical (unpaired) electrons. The van der Waals surface area contributed by atoms with Crippen LogP contribution in [0.5, 0.6) is 5.75 Å². The average Bonchev–Trinajstić information content (AvgIpc) is 2.52. The lowest BCUT2D eigenvalue weighted by Crippen LogP contribution is -2.37. The summed E-state index contributed by atoms with van der Waals surface area (Å²) in [4.78, 5) is 0. The van der Waals surface area contributed by atoms with E-state index >= 15 is 0 Å². The maximum atomic E-state index is 6.45. The SMILES string of the molecule is CCc1cccc(OC2CC(C)c3ccccc3C2N)c1. The van der Waals surface area contributed by atoms with E-state index in [1.807, 2.05) is 6.07 Å². The van der Waals surface area contributed by atoms with Gasteiger partial charge in [0.2, 0.25) is 0 Å². The van der Waals surface area contributed by atoms with E-state index < -0.39 is 0 Å². The number of hydrogen-bond donors (Lipinski definition) is 1. The van der Waals surface area contributed by atoms with Crippen molar-refractivity contribution in [3.05, 3.63) is 65.2 Å². The zero-order valence-electron chi connectivity index (χ0n) is 12.8. The Bertz CT molecular complexity index is 622. The van der Waals surface area contributed by atoms with Gasteiger partial charge in [0, 0.05) is 0 Å². The Kier molecular flexibility index (Phi) is 3.98. The van der Waals surface area contributed by atoms with Gasteiger partial charge in [-0.3, -0.25) is 0 Å². The van der Waals surface area contributed by atoms with Gasteiger partial charge in [-0.1, -0.05) is 50.2 Å². The molecule has 0 saturated heterocycles. The summed E-state index contributed by atoms with van der Waals surface area (Å²) >= 11 is 0. The molecule has 0 saturated carbocycles. The van der Waals surface area contributed by atoms with E-state index in [2.05, 4.69) is 56.3 Å². The van der Waals surface area contributed by atoms with E-state index in [1.165, 1.54) is 16.7 Å². The Balaban J connectivity index is 1.84. The van der Waals surface area contributed by atoms with Gasteiger partial charge in [-0.05, 0) is 47.6 Å². The molecule has 21 heavy (non-hydrogen) atoms. The van der Waals surface area contributed by atoms with Crippen LogP contribution in [0, 0.1) is 0 Å². The van der Waals surface area contributed by atoms with Crippen molar-refractivity contribution >= 4 is 0 Å². The molecule has 0 aliphatic heterocycles. The summed E-state index contributed by atoms with van der Waals surface area (Å²) in [6, 6.07) is 16.8. The highest BCUT2D eigenvalue weighted by Crippen LogP contribution is 2.38. The Morgan fingerprint density at radius 3 is 2.62 bits per heavy atom. The minimum absolute atomic E-state index is 0.0435. The summed E-state index contributed by atoms with van der Waals surface area (Å²) in [7, 11) is 0. The zero-order valence-corrected chi connectivity index (χ0v) is 12.8. The van der Waals surface area contributed by atoms with Gasteiger partial charge in [-0.25, -0.2) is 0 Å². The lowest BCUT2D eigenvalue weighted by molar-refractivity contribution is 0.144. The van der Waals surface area contributed by atoms with Crippen LogP contribution in [0.4, 0.5) is 0 Å². The Morgan fingerprint density at radius 2 is 1.86 bits per heavy atom. The minimum atomic E-state index is -0.0531. The maximum absolute atomic E-state index is 6.45. The molecule has 3 rings (SSSR count). The van der Waals surface area contributed by atoms with E-state index in [9.17, 15) is 0 Å². The highest BCUT2D eigenvalue weighted by Gasteiger charge is 2.32. The lowest BCUT2D eigenvalue weighted by atomic mass is 9.79. The molecule has 1 aliphatic rings. The van der Waals surface area contributed by atoms with Crippen molar-refractivity contribution in [1.29, 1.82) is 0 Å². The molecule has 3 unspecified atom stereocenters. The number of ether oxygens (including phenoxy) is 1. The summed E-state index contributed by atoms with van der Waals surface area (Å²) in [5.74, 6) is 1.42. The molecule has 2 N–H and O–H groups in total. The lowest BCUT2D eigenvalue weighted by Gasteiger charge is -2.35. The predicted octanol–water partition coefficient (Wildman–Crippen LogP) is 4.20. The topological polar surface area (TPSA) is 35.2 Å². The molecule has 2 heteroatoms. The normalized spacial score (nSPS) is 24.4. The van der Waals surface area contributed by atoms with E-state index in [0.29, 0.717) is 5.92 Å². The fourth-order valence-corrected chi connectivity index (χ4v) is 3.22. The van der Waals surface area contributed by atoms with Gasteiger partial charge >= 0.3 is 0 Å². The van der Waals surface area contributed by atoms with Gasteiger partial charge in [-0.15, -0.1) is 0 Å². The van der Waals surface area contributed by atoms with Crippen LogP contribution in [-0.4, -0.2) is 6.10 Å². The first-order valence-electron chi connectivity index (χ1n) is 7.79. The number of rotatable bonds is 3. The fraction of sp³-hybridized carbons (Fsp3) is 0.368. The first-order valence-corrected chi connectivity index (χ1v) is 7.79. The van der Waals surface area contributed by atoms with E-state index in [4.69, 9.17) is 10.5 Å².